The minimum Gasteiger partial charge on any atom is -0.348 e. The van der Waals surface area contributed by atoms with Gasteiger partial charge in [0.05, 0.1) is 11.8 Å². The first kappa shape index (κ1) is 11.8. The first-order valence-corrected chi connectivity index (χ1v) is 5.18. The van der Waals surface area contributed by atoms with E-state index in [2.05, 4.69) is 10.4 Å². The van der Waals surface area contributed by atoms with Gasteiger partial charge in [-0.15, -0.1) is 11.6 Å². The van der Waals surface area contributed by atoms with Crippen LogP contribution in [0.2, 0.25) is 0 Å². The fourth-order valence-corrected chi connectivity index (χ4v) is 1.24. The predicted molar refractivity (Wildman–Crippen MR) is 60.1 cm³/mol. The number of halogens is 1. The van der Waals surface area contributed by atoms with Gasteiger partial charge < -0.3 is 5.32 Å². The van der Waals surface area contributed by atoms with E-state index in [1.807, 2.05) is 13.0 Å². The molecule has 4 nitrogen and oxygen atoms in total. The van der Waals surface area contributed by atoms with Crippen LogP contribution in [0.3, 0.4) is 0 Å². The molecule has 0 radical (unpaired) electrons. The van der Waals surface area contributed by atoms with Crippen LogP contribution in [0, 0.1) is 6.92 Å². The van der Waals surface area contributed by atoms with Crippen molar-refractivity contribution in [2.45, 2.75) is 6.92 Å². The molecule has 0 bridgehead atoms. The molecule has 1 aromatic rings. The zero-order valence-corrected chi connectivity index (χ0v) is 9.58. The second-order valence-electron chi connectivity index (χ2n) is 3.10. The molecule has 1 N–H and O–H groups in total. The molecule has 0 aromatic carbocycles. The highest BCUT2D eigenvalue weighted by Crippen LogP contribution is 2.04. The van der Waals surface area contributed by atoms with Gasteiger partial charge in [0.2, 0.25) is 0 Å². The lowest BCUT2D eigenvalue weighted by molar-refractivity contribution is 0.0957. The van der Waals surface area contributed by atoms with Crippen molar-refractivity contribution in [3.05, 3.63) is 29.6 Å². The molecule has 1 heterocycles. The summed E-state index contributed by atoms with van der Waals surface area (Å²) in [6.45, 7) is 2.34. The van der Waals surface area contributed by atoms with Crippen LogP contribution in [-0.4, -0.2) is 28.1 Å². The Hall–Kier alpha value is -1.29. The average molecular weight is 228 g/mol. The van der Waals surface area contributed by atoms with Crippen molar-refractivity contribution in [1.29, 1.82) is 0 Å². The van der Waals surface area contributed by atoms with E-state index in [0.717, 1.165) is 5.69 Å². The number of rotatable bonds is 4. The molecular weight excluding hydrogens is 214 g/mol. The molecule has 5 heteroatoms. The van der Waals surface area contributed by atoms with E-state index in [1.165, 1.54) is 0 Å². The minimum atomic E-state index is -0.111. The predicted octanol–water partition coefficient (Wildman–Crippen LogP) is 1.25. The quantitative estimate of drug-likeness (QED) is 0.622. The van der Waals surface area contributed by atoms with Gasteiger partial charge in [-0.1, -0.05) is 12.2 Å². The Morgan fingerprint density at radius 1 is 1.67 bits per heavy atom. The summed E-state index contributed by atoms with van der Waals surface area (Å²) >= 11 is 5.45. The lowest BCUT2D eigenvalue weighted by atomic mass is 10.2. The molecule has 1 aromatic heterocycles. The van der Waals surface area contributed by atoms with Crippen LogP contribution < -0.4 is 5.32 Å². The average Bonchev–Trinajstić information content (AvgIpc) is 2.55. The third-order valence-corrected chi connectivity index (χ3v) is 2.29. The summed E-state index contributed by atoms with van der Waals surface area (Å²) in [7, 11) is 1.81. The van der Waals surface area contributed by atoms with E-state index in [0.29, 0.717) is 18.0 Å². The summed E-state index contributed by atoms with van der Waals surface area (Å²) in [5.41, 5.74) is 1.46. The maximum atomic E-state index is 11.6. The Bertz CT molecular complexity index is 371. The van der Waals surface area contributed by atoms with Crippen LogP contribution in [0.4, 0.5) is 0 Å². The molecule has 1 rings (SSSR count). The minimum absolute atomic E-state index is 0.111. The highest BCUT2D eigenvalue weighted by atomic mass is 35.5. The summed E-state index contributed by atoms with van der Waals surface area (Å²) in [5, 5.41) is 6.75. The molecule has 0 spiro atoms. The number of aromatic nitrogens is 2. The maximum absolute atomic E-state index is 11.6. The van der Waals surface area contributed by atoms with Gasteiger partial charge in [-0.2, -0.15) is 5.10 Å². The van der Waals surface area contributed by atoms with Crippen molar-refractivity contribution in [2.75, 3.05) is 12.4 Å². The van der Waals surface area contributed by atoms with Crippen LogP contribution in [0.15, 0.2) is 18.3 Å². The zero-order valence-electron chi connectivity index (χ0n) is 8.83. The molecule has 0 aliphatic carbocycles. The number of carbonyl (C=O) groups is 1. The van der Waals surface area contributed by atoms with Crippen molar-refractivity contribution in [3.8, 4) is 0 Å². The number of hydrogen-bond donors (Lipinski definition) is 1. The Balaban J connectivity index is 2.54. The monoisotopic (exact) mass is 227 g/mol. The normalized spacial score (nSPS) is 10.9. The molecule has 15 heavy (non-hydrogen) atoms. The Morgan fingerprint density at radius 2 is 2.40 bits per heavy atom. The number of nitrogens with zero attached hydrogens (tertiary/aromatic N) is 2. The second-order valence-corrected chi connectivity index (χ2v) is 3.41. The number of carbonyl (C=O) groups excluding carboxylic acids is 1. The van der Waals surface area contributed by atoms with E-state index in [9.17, 15) is 4.79 Å². The molecule has 0 saturated heterocycles. The van der Waals surface area contributed by atoms with Crippen molar-refractivity contribution in [1.82, 2.24) is 15.1 Å². The standard InChI is InChI=1S/C10H14ClN3O/c1-8-9(7-13-14(8)2)10(15)12-6-4-3-5-11/h3-4,7H,5-6H2,1-2H3,(H,12,15)/b4-3+. The highest BCUT2D eigenvalue weighted by Gasteiger charge is 2.10. The summed E-state index contributed by atoms with van der Waals surface area (Å²) in [5.74, 6) is 0.349. The molecule has 0 atom stereocenters. The number of allylic oxidation sites excluding steroid dienone is 1. The molecule has 0 unspecified atom stereocenters. The van der Waals surface area contributed by atoms with Crippen LogP contribution in [0.1, 0.15) is 16.1 Å². The van der Waals surface area contributed by atoms with Gasteiger partial charge in [-0.3, -0.25) is 9.48 Å². The molecule has 0 fully saturated rings. The highest BCUT2D eigenvalue weighted by molar-refractivity contribution is 6.18. The zero-order chi connectivity index (χ0) is 11.3. The topological polar surface area (TPSA) is 46.9 Å². The van der Waals surface area contributed by atoms with E-state index >= 15 is 0 Å². The van der Waals surface area contributed by atoms with Crippen molar-refractivity contribution in [3.63, 3.8) is 0 Å². The summed E-state index contributed by atoms with van der Waals surface area (Å²) < 4.78 is 1.67. The molecule has 0 aliphatic heterocycles. The Labute approximate surface area is 93.9 Å². The molecule has 0 aliphatic rings. The first-order chi connectivity index (χ1) is 7.16. The van der Waals surface area contributed by atoms with Crippen LogP contribution >= 0.6 is 11.6 Å². The lowest BCUT2D eigenvalue weighted by Crippen LogP contribution is -2.23. The summed E-state index contributed by atoms with van der Waals surface area (Å²) in [6, 6.07) is 0. The number of hydrogen-bond acceptors (Lipinski definition) is 2. The first-order valence-electron chi connectivity index (χ1n) is 4.64. The number of alkyl halides is 1. The molecule has 1 amide bonds. The molecule has 82 valence electrons. The fourth-order valence-electron chi connectivity index (χ4n) is 1.11. The molecular formula is C10H14ClN3O. The fraction of sp³-hybridized carbons (Fsp3) is 0.400. The van der Waals surface area contributed by atoms with Gasteiger partial charge in [0.1, 0.15) is 0 Å². The third-order valence-electron chi connectivity index (χ3n) is 2.12. The van der Waals surface area contributed by atoms with Crippen molar-refractivity contribution < 1.29 is 4.79 Å². The lowest BCUT2D eigenvalue weighted by Gasteiger charge is -2.01. The number of nitrogens with one attached hydrogen (secondary N) is 1. The smallest absolute Gasteiger partial charge is 0.254 e. The Morgan fingerprint density at radius 3 is 2.93 bits per heavy atom. The van der Waals surface area contributed by atoms with Crippen LogP contribution in [0.25, 0.3) is 0 Å². The van der Waals surface area contributed by atoms with Gasteiger partial charge in [0, 0.05) is 25.2 Å². The number of amides is 1. The summed E-state index contributed by atoms with van der Waals surface area (Å²) in [4.78, 5) is 11.6. The van der Waals surface area contributed by atoms with Gasteiger partial charge in [-0.05, 0) is 6.92 Å². The maximum Gasteiger partial charge on any atom is 0.254 e. The van der Waals surface area contributed by atoms with E-state index < -0.39 is 0 Å². The van der Waals surface area contributed by atoms with E-state index in [1.54, 1.807) is 24.0 Å². The Kier molecular flexibility index (Phi) is 4.37. The van der Waals surface area contributed by atoms with Gasteiger partial charge >= 0.3 is 0 Å². The van der Waals surface area contributed by atoms with Crippen molar-refractivity contribution in [2.24, 2.45) is 7.05 Å². The largest absolute Gasteiger partial charge is 0.348 e. The SMILES string of the molecule is Cc1c(C(=O)NC/C=C/CCl)cnn1C. The second kappa shape index (κ2) is 5.56. The van der Waals surface area contributed by atoms with E-state index in [-0.39, 0.29) is 5.91 Å². The molecule has 0 saturated carbocycles. The summed E-state index contributed by atoms with van der Waals surface area (Å²) in [6.07, 6.45) is 5.17. The van der Waals surface area contributed by atoms with Crippen LogP contribution in [-0.2, 0) is 7.05 Å². The van der Waals surface area contributed by atoms with Crippen molar-refractivity contribution >= 4 is 17.5 Å². The van der Waals surface area contributed by atoms with Gasteiger partial charge in [0.25, 0.3) is 5.91 Å². The van der Waals surface area contributed by atoms with Gasteiger partial charge in [-0.25, -0.2) is 0 Å². The van der Waals surface area contributed by atoms with E-state index in [4.69, 9.17) is 11.6 Å². The third kappa shape index (κ3) is 3.09. The number of aryl methyl sites for hydroxylation is 1. The van der Waals surface area contributed by atoms with Crippen LogP contribution in [0.5, 0.6) is 0 Å². The van der Waals surface area contributed by atoms with Gasteiger partial charge in [0.15, 0.2) is 0 Å².